The molecule has 0 spiro atoms. The summed E-state index contributed by atoms with van der Waals surface area (Å²) in [7, 11) is -0.222. The van der Waals surface area contributed by atoms with Crippen LogP contribution in [0.5, 0.6) is 0 Å². The van der Waals surface area contributed by atoms with Gasteiger partial charge in [0.05, 0.1) is 13.2 Å². The summed E-state index contributed by atoms with van der Waals surface area (Å²) in [5.74, 6) is -0.149. The zero-order valence-corrected chi connectivity index (χ0v) is 22.4. The zero-order chi connectivity index (χ0) is 24.0. The lowest BCUT2D eigenvalue weighted by molar-refractivity contribution is -0.140. The Labute approximate surface area is 197 Å². The van der Waals surface area contributed by atoms with Crippen molar-refractivity contribution >= 4 is 14.3 Å². The summed E-state index contributed by atoms with van der Waals surface area (Å²) in [5.41, 5.74) is 0. The van der Waals surface area contributed by atoms with Gasteiger partial charge in [0, 0.05) is 12.5 Å². The predicted octanol–water partition coefficient (Wildman–Crippen LogP) is 7.29. The second-order valence-electron chi connectivity index (χ2n) is 10.1. The minimum Gasteiger partial charge on any atom is -0.469 e. The third-order valence-electron chi connectivity index (χ3n) is 6.21. The third-order valence-corrected chi connectivity index (χ3v) is 10.8. The molecule has 0 amide bonds. The number of rotatable bonds is 15. The van der Waals surface area contributed by atoms with Crippen molar-refractivity contribution < 1.29 is 18.7 Å². The van der Waals surface area contributed by atoms with Crippen LogP contribution in [-0.2, 0) is 18.7 Å². The molecule has 182 valence electrons. The SMILES string of the molecule is COC(=O)CCC[C@@H]1O[C@H]1/C=C/C=C/C=C\C/C=C\CCCC(C)O[Si](C)(C)C(C)(C)C. The Kier molecular flexibility index (Phi) is 13.1. The third kappa shape index (κ3) is 12.6. The van der Waals surface area contributed by atoms with Crippen LogP contribution in [0.2, 0.25) is 18.1 Å². The number of ether oxygens (including phenoxy) is 2. The normalized spacial score (nSPS) is 20.7. The Morgan fingerprint density at radius 2 is 1.78 bits per heavy atom. The molecule has 4 nitrogen and oxygen atoms in total. The molecule has 32 heavy (non-hydrogen) atoms. The highest BCUT2D eigenvalue weighted by Crippen LogP contribution is 2.37. The minimum absolute atomic E-state index is 0.149. The van der Waals surface area contributed by atoms with Crippen molar-refractivity contribution in [2.24, 2.45) is 0 Å². The van der Waals surface area contributed by atoms with Gasteiger partial charge in [0.2, 0.25) is 0 Å². The molecule has 0 aliphatic carbocycles. The van der Waals surface area contributed by atoms with E-state index in [0.29, 0.717) is 12.5 Å². The number of hydrogen-bond acceptors (Lipinski definition) is 4. The fraction of sp³-hybridized carbons (Fsp3) is 0.667. The van der Waals surface area contributed by atoms with E-state index in [-0.39, 0.29) is 23.2 Å². The number of epoxide rings is 1. The van der Waals surface area contributed by atoms with Crippen LogP contribution in [0.4, 0.5) is 0 Å². The van der Waals surface area contributed by atoms with Crippen LogP contribution in [0.15, 0.2) is 48.6 Å². The minimum atomic E-state index is -1.65. The summed E-state index contributed by atoms with van der Waals surface area (Å²) in [6.45, 7) is 13.8. The van der Waals surface area contributed by atoms with Crippen LogP contribution in [0, 0.1) is 0 Å². The molecule has 1 rings (SSSR count). The molecule has 1 aliphatic heterocycles. The summed E-state index contributed by atoms with van der Waals surface area (Å²) in [6.07, 6.45) is 24.3. The molecule has 0 saturated carbocycles. The fourth-order valence-electron chi connectivity index (χ4n) is 3.12. The van der Waals surface area contributed by atoms with Crippen molar-refractivity contribution in [2.75, 3.05) is 7.11 Å². The molecule has 1 unspecified atom stereocenters. The Balaban J connectivity index is 2.06. The van der Waals surface area contributed by atoms with Gasteiger partial charge >= 0.3 is 5.97 Å². The van der Waals surface area contributed by atoms with Gasteiger partial charge in [-0.05, 0) is 63.6 Å². The average Bonchev–Trinajstić information content (AvgIpc) is 3.45. The monoisotopic (exact) mass is 462 g/mol. The standard InChI is InChI=1S/C27H46O4Si/c1-23(31-32(6,7)27(2,3)4)19-16-14-12-10-8-9-11-13-15-17-20-24-25(30-24)21-18-22-26(28)29-5/h9-13,15,17,20,23-25H,8,14,16,18-19,21-22H2,1-7H3/b11-9-,12-10-,15-13+,20-17+/t23?,24-,25-/m0/s1. The van der Waals surface area contributed by atoms with Crippen molar-refractivity contribution in [3.8, 4) is 0 Å². The molecule has 0 N–H and O–H groups in total. The lowest BCUT2D eigenvalue weighted by Gasteiger charge is -2.38. The van der Waals surface area contributed by atoms with E-state index in [1.807, 2.05) is 18.2 Å². The highest BCUT2D eigenvalue weighted by Gasteiger charge is 2.38. The van der Waals surface area contributed by atoms with Crippen LogP contribution in [0.3, 0.4) is 0 Å². The number of hydrogen-bond donors (Lipinski definition) is 0. The molecule has 0 aromatic carbocycles. The molecule has 3 atom stereocenters. The molecule has 1 heterocycles. The van der Waals surface area contributed by atoms with E-state index in [9.17, 15) is 4.79 Å². The lowest BCUT2D eigenvalue weighted by Crippen LogP contribution is -2.43. The zero-order valence-electron chi connectivity index (χ0n) is 21.4. The Hall–Kier alpha value is -1.43. The first-order chi connectivity index (χ1) is 15.1. The van der Waals surface area contributed by atoms with Gasteiger partial charge in [-0.1, -0.05) is 69.4 Å². The first kappa shape index (κ1) is 28.6. The van der Waals surface area contributed by atoms with Crippen molar-refractivity contribution in [3.05, 3.63) is 48.6 Å². The largest absolute Gasteiger partial charge is 0.469 e. The van der Waals surface area contributed by atoms with Gasteiger partial charge in [0.15, 0.2) is 8.32 Å². The molecule has 0 aromatic rings. The van der Waals surface area contributed by atoms with Crippen LogP contribution in [0.25, 0.3) is 0 Å². The smallest absolute Gasteiger partial charge is 0.305 e. The maximum absolute atomic E-state index is 11.1. The maximum atomic E-state index is 11.1. The Morgan fingerprint density at radius 1 is 1.06 bits per heavy atom. The summed E-state index contributed by atoms with van der Waals surface area (Å²) in [5, 5.41) is 0.276. The number of carbonyl (C=O) groups excluding carboxylic acids is 1. The molecule has 1 fully saturated rings. The van der Waals surface area contributed by atoms with Crippen LogP contribution < -0.4 is 0 Å². The molecule has 0 radical (unpaired) electrons. The van der Waals surface area contributed by atoms with E-state index in [1.54, 1.807) is 0 Å². The summed E-state index contributed by atoms with van der Waals surface area (Å²) in [6, 6.07) is 0. The van der Waals surface area contributed by atoms with Crippen molar-refractivity contribution in [1.82, 2.24) is 0 Å². The molecule has 5 heteroatoms. The van der Waals surface area contributed by atoms with E-state index < -0.39 is 8.32 Å². The van der Waals surface area contributed by atoms with Crippen LogP contribution in [-0.4, -0.2) is 39.7 Å². The van der Waals surface area contributed by atoms with Gasteiger partial charge in [0.25, 0.3) is 0 Å². The van der Waals surface area contributed by atoms with Crippen LogP contribution in [0.1, 0.15) is 72.6 Å². The maximum Gasteiger partial charge on any atom is 0.305 e. The van der Waals surface area contributed by atoms with Crippen molar-refractivity contribution in [1.29, 1.82) is 0 Å². The van der Waals surface area contributed by atoms with Gasteiger partial charge in [-0.15, -0.1) is 0 Å². The van der Waals surface area contributed by atoms with E-state index in [1.165, 1.54) is 13.5 Å². The van der Waals surface area contributed by atoms with Gasteiger partial charge in [-0.3, -0.25) is 4.79 Å². The Morgan fingerprint density at radius 3 is 2.47 bits per heavy atom. The first-order valence-corrected chi connectivity index (χ1v) is 15.0. The second-order valence-corrected chi connectivity index (χ2v) is 14.9. The van der Waals surface area contributed by atoms with E-state index in [2.05, 4.69) is 75.9 Å². The molecule has 1 aliphatic rings. The summed E-state index contributed by atoms with van der Waals surface area (Å²) < 4.78 is 16.6. The molecule has 1 saturated heterocycles. The van der Waals surface area contributed by atoms with Gasteiger partial charge < -0.3 is 13.9 Å². The molecule has 0 bridgehead atoms. The van der Waals surface area contributed by atoms with Crippen molar-refractivity contribution in [3.63, 3.8) is 0 Å². The fourth-order valence-corrected chi connectivity index (χ4v) is 4.60. The summed E-state index contributed by atoms with van der Waals surface area (Å²) >= 11 is 0. The van der Waals surface area contributed by atoms with Gasteiger partial charge in [0.1, 0.15) is 6.10 Å². The van der Waals surface area contributed by atoms with E-state index >= 15 is 0 Å². The highest BCUT2D eigenvalue weighted by atomic mass is 28.4. The Bertz CT molecular complexity index is 655. The van der Waals surface area contributed by atoms with E-state index in [0.717, 1.165) is 32.1 Å². The first-order valence-electron chi connectivity index (χ1n) is 12.1. The number of methoxy groups -OCH3 is 1. The van der Waals surface area contributed by atoms with Gasteiger partial charge in [-0.25, -0.2) is 0 Å². The van der Waals surface area contributed by atoms with Crippen LogP contribution >= 0.6 is 0 Å². The van der Waals surface area contributed by atoms with Gasteiger partial charge in [-0.2, -0.15) is 0 Å². The highest BCUT2D eigenvalue weighted by molar-refractivity contribution is 6.74. The lowest BCUT2D eigenvalue weighted by atomic mass is 10.1. The van der Waals surface area contributed by atoms with Crippen molar-refractivity contribution in [2.45, 2.75) is 109 Å². The van der Waals surface area contributed by atoms with E-state index in [4.69, 9.17) is 9.16 Å². The number of esters is 1. The molecular weight excluding hydrogens is 416 g/mol. The topological polar surface area (TPSA) is 48.1 Å². The number of unbranched alkanes of at least 4 members (excludes halogenated alkanes) is 1. The summed E-state index contributed by atoms with van der Waals surface area (Å²) in [4.78, 5) is 11.1. The molecule has 0 aromatic heterocycles. The average molecular weight is 463 g/mol. The number of carbonyl (C=O) groups is 1. The second kappa shape index (κ2) is 14.7. The number of allylic oxidation sites excluding steroid dienone is 7. The molecular formula is C27H46O4Si. The predicted molar refractivity (Wildman–Crippen MR) is 137 cm³/mol. The quantitative estimate of drug-likeness (QED) is 0.0640.